The fourth-order valence-corrected chi connectivity index (χ4v) is 2.94. The number of nitrogens with one attached hydrogen (secondary N) is 2. The minimum absolute atomic E-state index is 0.400. The Bertz CT molecular complexity index is 945. The quantitative estimate of drug-likeness (QED) is 0.383. The summed E-state index contributed by atoms with van der Waals surface area (Å²) in [5.74, 6) is 0.761. The highest BCUT2D eigenvalue weighted by Gasteiger charge is 2.13. The van der Waals surface area contributed by atoms with Crippen molar-refractivity contribution in [3.05, 3.63) is 66.2 Å². The Morgan fingerprint density at radius 1 is 1.00 bits per heavy atom. The van der Waals surface area contributed by atoms with Gasteiger partial charge in [-0.2, -0.15) is 4.98 Å². The van der Waals surface area contributed by atoms with Gasteiger partial charge in [-0.1, -0.05) is 62.2 Å². The number of carbonyl (C=O) groups excluding carboxylic acids is 1. The van der Waals surface area contributed by atoms with Crippen LogP contribution >= 0.6 is 0 Å². The maximum atomic E-state index is 12.1. The lowest BCUT2D eigenvalue weighted by Gasteiger charge is -2.13. The molecule has 0 fully saturated rings. The fraction of sp³-hybridized carbons (Fsp3) is 0.261. The number of anilines is 3. The van der Waals surface area contributed by atoms with E-state index in [4.69, 9.17) is 4.74 Å². The van der Waals surface area contributed by atoms with Gasteiger partial charge in [-0.25, -0.2) is 9.78 Å². The Kier molecular flexibility index (Phi) is 7.16. The summed E-state index contributed by atoms with van der Waals surface area (Å²) in [5.41, 5.74) is 2.88. The van der Waals surface area contributed by atoms with Crippen molar-refractivity contribution in [2.75, 3.05) is 24.3 Å². The number of carbonyl (C=O) groups is 1. The number of ether oxygens (including phenoxy) is 1. The van der Waals surface area contributed by atoms with Crippen molar-refractivity contribution in [1.29, 1.82) is 0 Å². The number of methoxy groups -OCH3 is 1. The van der Waals surface area contributed by atoms with Gasteiger partial charge in [-0.3, -0.25) is 0 Å². The number of hydrogen-bond donors (Lipinski definition) is 2. The number of nitrogens with zero attached hydrogens (tertiary/aromatic N) is 2. The average molecular weight is 390 g/mol. The van der Waals surface area contributed by atoms with E-state index in [9.17, 15) is 4.79 Å². The monoisotopic (exact) mass is 390 g/mol. The fourth-order valence-electron chi connectivity index (χ4n) is 2.94. The minimum Gasteiger partial charge on any atom is -0.465 e. The maximum absolute atomic E-state index is 12.1. The van der Waals surface area contributed by atoms with Crippen molar-refractivity contribution < 1.29 is 9.53 Å². The van der Waals surface area contributed by atoms with Crippen molar-refractivity contribution in [2.45, 2.75) is 26.2 Å². The van der Waals surface area contributed by atoms with Crippen LogP contribution in [0.15, 0.2) is 60.7 Å². The van der Waals surface area contributed by atoms with E-state index in [2.05, 4.69) is 27.5 Å². The average Bonchev–Trinajstić information content (AvgIpc) is 2.77. The Labute approximate surface area is 171 Å². The molecule has 0 spiro atoms. The van der Waals surface area contributed by atoms with Gasteiger partial charge in [-0.05, 0) is 18.6 Å². The molecular weight excluding hydrogens is 364 g/mol. The predicted molar refractivity (Wildman–Crippen MR) is 117 cm³/mol. The number of aromatic nitrogens is 2. The maximum Gasteiger partial charge on any atom is 0.339 e. The summed E-state index contributed by atoms with van der Waals surface area (Å²) in [7, 11) is 1.37. The Morgan fingerprint density at radius 2 is 1.76 bits per heavy atom. The number of benzene rings is 2. The molecule has 29 heavy (non-hydrogen) atoms. The first-order valence-electron chi connectivity index (χ1n) is 9.84. The van der Waals surface area contributed by atoms with Crippen molar-refractivity contribution in [3.8, 4) is 11.3 Å². The molecule has 0 amide bonds. The van der Waals surface area contributed by atoms with Crippen LogP contribution < -0.4 is 10.6 Å². The van der Waals surface area contributed by atoms with Gasteiger partial charge in [0.15, 0.2) is 0 Å². The second-order valence-corrected chi connectivity index (χ2v) is 6.62. The third-order valence-corrected chi connectivity index (χ3v) is 4.45. The van der Waals surface area contributed by atoms with Crippen LogP contribution in [0.25, 0.3) is 11.3 Å². The molecule has 2 N–H and O–H groups in total. The standard InChI is InChI=1S/C23H26N4O2/c1-3-4-10-15-24-23-26-20(17-11-6-5-7-12-17)16-21(27-23)25-19-14-9-8-13-18(19)22(28)29-2/h5-9,11-14,16H,3-4,10,15H2,1-2H3,(H2,24,25,26,27). The minimum atomic E-state index is -0.400. The number of rotatable bonds is 9. The normalized spacial score (nSPS) is 10.4. The highest BCUT2D eigenvalue weighted by Crippen LogP contribution is 2.25. The first-order chi connectivity index (χ1) is 14.2. The van der Waals surface area contributed by atoms with Crippen molar-refractivity contribution >= 4 is 23.4 Å². The lowest BCUT2D eigenvalue weighted by atomic mass is 10.1. The topological polar surface area (TPSA) is 76.1 Å². The van der Waals surface area contributed by atoms with Crippen LogP contribution in [0.2, 0.25) is 0 Å². The molecule has 0 saturated heterocycles. The lowest BCUT2D eigenvalue weighted by molar-refractivity contribution is 0.0602. The van der Waals surface area contributed by atoms with Gasteiger partial charge in [0.1, 0.15) is 5.82 Å². The van der Waals surface area contributed by atoms with Crippen LogP contribution in [0.5, 0.6) is 0 Å². The third kappa shape index (κ3) is 5.54. The Morgan fingerprint density at radius 3 is 2.52 bits per heavy atom. The van der Waals surface area contributed by atoms with Crippen molar-refractivity contribution in [2.24, 2.45) is 0 Å². The van der Waals surface area contributed by atoms with Crippen LogP contribution in [-0.4, -0.2) is 29.6 Å². The molecular formula is C23H26N4O2. The molecule has 3 rings (SSSR count). The molecule has 0 bridgehead atoms. The van der Waals surface area contributed by atoms with Crippen molar-refractivity contribution in [1.82, 2.24) is 9.97 Å². The number of para-hydroxylation sites is 1. The van der Waals surface area contributed by atoms with E-state index in [0.717, 1.165) is 37.1 Å². The predicted octanol–water partition coefficient (Wildman–Crippen LogP) is 5.28. The summed E-state index contributed by atoms with van der Waals surface area (Å²) < 4.78 is 4.88. The highest BCUT2D eigenvalue weighted by molar-refractivity contribution is 5.96. The molecule has 2 aromatic carbocycles. The zero-order chi connectivity index (χ0) is 20.5. The first kappa shape index (κ1) is 20.3. The summed E-state index contributed by atoms with van der Waals surface area (Å²) in [4.78, 5) is 21.3. The molecule has 6 heteroatoms. The van der Waals surface area contributed by atoms with E-state index in [-0.39, 0.29) is 0 Å². The van der Waals surface area contributed by atoms with E-state index in [0.29, 0.717) is 23.0 Å². The molecule has 0 saturated carbocycles. The molecule has 0 aliphatic heterocycles. The molecule has 3 aromatic rings. The SMILES string of the molecule is CCCCCNc1nc(Nc2ccccc2C(=O)OC)cc(-c2ccccc2)n1. The second kappa shape index (κ2) is 10.2. The van der Waals surface area contributed by atoms with E-state index >= 15 is 0 Å². The molecule has 0 unspecified atom stereocenters. The zero-order valence-electron chi connectivity index (χ0n) is 16.8. The van der Waals surface area contributed by atoms with E-state index in [1.807, 2.05) is 48.5 Å². The smallest absolute Gasteiger partial charge is 0.339 e. The summed E-state index contributed by atoms with van der Waals surface area (Å²) in [5, 5.41) is 6.56. The van der Waals surface area contributed by atoms with Gasteiger partial charge in [0.05, 0.1) is 24.1 Å². The van der Waals surface area contributed by atoms with Gasteiger partial charge in [0.25, 0.3) is 0 Å². The molecule has 150 valence electrons. The van der Waals surface area contributed by atoms with Gasteiger partial charge in [0.2, 0.25) is 5.95 Å². The van der Waals surface area contributed by atoms with Gasteiger partial charge < -0.3 is 15.4 Å². The number of unbranched alkanes of at least 4 members (excludes halogenated alkanes) is 2. The Balaban J connectivity index is 1.92. The molecule has 0 aliphatic rings. The van der Waals surface area contributed by atoms with Gasteiger partial charge >= 0.3 is 5.97 Å². The molecule has 1 heterocycles. The third-order valence-electron chi connectivity index (χ3n) is 4.45. The number of esters is 1. The lowest BCUT2D eigenvalue weighted by Crippen LogP contribution is -2.09. The molecule has 0 aliphatic carbocycles. The van der Waals surface area contributed by atoms with Crippen LogP contribution in [-0.2, 0) is 4.74 Å². The highest BCUT2D eigenvalue weighted by atomic mass is 16.5. The summed E-state index contributed by atoms with van der Waals surface area (Å²) in [6.07, 6.45) is 3.37. The van der Waals surface area contributed by atoms with Crippen LogP contribution in [0.4, 0.5) is 17.5 Å². The van der Waals surface area contributed by atoms with E-state index < -0.39 is 5.97 Å². The summed E-state index contributed by atoms with van der Waals surface area (Å²) in [6.45, 7) is 2.98. The molecule has 1 aromatic heterocycles. The molecule has 6 nitrogen and oxygen atoms in total. The molecule has 0 atom stereocenters. The van der Waals surface area contributed by atoms with E-state index in [1.54, 1.807) is 12.1 Å². The van der Waals surface area contributed by atoms with Gasteiger partial charge in [-0.15, -0.1) is 0 Å². The second-order valence-electron chi connectivity index (χ2n) is 6.62. The molecule has 0 radical (unpaired) electrons. The summed E-state index contributed by atoms with van der Waals surface area (Å²) in [6, 6.07) is 19.0. The van der Waals surface area contributed by atoms with Crippen molar-refractivity contribution in [3.63, 3.8) is 0 Å². The van der Waals surface area contributed by atoms with E-state index in [1.165, 1.54) is 7.11 Å². The van der Waals surface area contributed by atoms with Crippen LogP contribution in [0, 0.1) is 0 Å². The number of hydrogen-bond acceptors (Lipinski definition) is 6. The van der Waals surface area contributed by atoms with Crippen LogP contribution in [0.3, 0.4) is 0 Å². The van der Waals surface area contributed by atoms with Gasteiger partial charge in [0, 0.05) is 18.2 Å². The Hall–Kier alpha value is -3.41. The summed E-state index contributed by atoms with van der Waals surface area (Å²) >= 11 is 0. The first-order valence-corrected chi connectivity index (χ1v) is 9.84. The largest absolute Gasteiger partial charge is 0.465 e. The van der Waals surface area contributed by atoms with Crippen LogP contribution in [0.1, 0.15) is 36.5 Å². The zero-order valence-corrected chi connectivity index (χ0v) is 16.8.